The molecular weight excluding hydrogens is 348 g/mol. The van der Waals surface area contributed by atoms with E-state index in [1.807, 2.05) is 43.7 Å². The Labute approximate surface area is 137 Å². The summed E-state index contributed by atoms with van der Waals surface area (Å²) in [5.41, 5.74) is 1.37. The van der Waals surface area contributed by atoms with Gasteiger partial charge in [0.15, 0.2) is 0 Å². The van der Waals surface area contributed by atoms with Crippen LogP contribution in [0.2, 0.25) is 0 Å². The summed E-state index contributed by atoms with van der Waals surface area (Å²) in [6.45, 7) is 6.90. The van der Waals surface area contributed by atoms with Gasteiger partial charge < -0.3 is 9.64 Å². The fraction of sp³-hybridized carbons (Fsp3) is 0.533. The Balaban J connectivity index is 1.77. The molecule has 3 rings (SSSR count). The number of hydrogen-bond acceptors (Lipinski definition) is 4. The summed E-state index contributed by atoms with van der Waals surface area (Å²) in [5.74, 6) is 0. The molecule has 22 heavy (non-hydrogen) atoms. The summed E-state index contributed by atoms with van der Waals surface area (Å²) in [5, 5.41) is 8.44. The fourth-order valence-corrected chi connectivity index (χ4v) is 2.96. The van der Waals surface area contributed by atoms with Gasteiger partial charge in [-0.2, -0.15) is 0 Å². The topological polar surface area (TPSA) is 60.2 Å². The van der Waals surface area contributed by atoms with Crippen LogP contribution in [0, 0.1) is 0 Å². The predicted octanol–water partition coefficient (Wildman–Crippen LogP) is 3.38. The molecule has 0 bridgehead atoms. The van der Waals surface area contributed by atoms with Crippen LogP contribution >= 0.6 is 15.9 Å². The first-order valence-corrected chi connectivity index (χ1v) is 8.11. The van der Waals surface area contributed by atoms with Gasteiger partial charge in [0.05, 0.1) is 11.6 Å². The number of amides is 1. The monoisotopic (exact) mass is 366 g/mol. The van der Waals surface area contributed by atoms with E-state index in [0.717, 1.165) is 21.9 Å². The average Bonchev–Trinajstić information content (AvgIpc) is 3.01. The van der Waals surface area contributed by atoms with Gasteiger partial charge in [0.2, 0.25) is 0 Å². The van der Waals surface area contributed by atoms with Crippen LogP contribution < -0.4 is 0 Å². The lowest BCUT2D eigenvalue weighted by Crippen LogP contribution is -2.35. The smallest absolute Gasteiger partial charge is 0.410 e. The standard InChI is InChI=1S/C15H19BrN4O2/c1-15(2,3)22-14(21)19-7-6-11(9-19)20-13-8-10(16)4-5-12(13)17-18-20/h4-5,8,11H,6-7,9H2,1-3H3. The van der Waals surface area contributed by atoms with Crippen LogP contribution in [0.15, 0.2) is 22.7 Å². The zero-order valence-electron chi connectivity index (χ0n) is 12.9. The molecule has 0 radical (unpaired) electrons. The van der Waals surface area contributed by atoms with Crippen LogP contribution in [-0.2, 0) is 4.74 Å². The lowest BCUT2D eigenvalue weighted by Gasteiger charge is -2.24. The van der Waals surface area contributed by atoms with Crippen molar-refractivity contribution in [1.82, 2.24) is 19.9 Å². The molecule has 1 amide bonds. The van der Waals surface area contributed by atoms with Gasteiger partial charge in [-0.25, -0.2) is 9.48 Å². The molecule has 1 fully saturated rings. The summed E-state index contributed by atoms with van der Waals surface area (Å²) in [6, 6.07) is 6.02. The first kappa shape index (κ1) is 15.3. The molecule has 1 aliphatic heterocycles. The predicted molar refractivity (Wildman–Crippen MR) is 86.7 cm³/mol. The zero-order valence-corrected chi connectivity index (χ0v) is 14.5. The van der Waals surface area contributed by atoms with Crippen molar-refractivity contribution in [2.45, 2.75) is 38.8 Å². The van der Waals surface area contributed by atoms with Gasteiger partial charge in [-0.3, -0.25) is 0 Å². The quantitative estimate of drug-likeness (QED) is 0.775. The van der Waals surface area contributed by atoms with Crippen LogP contribution in [-0.4, -0.2) is 44.7 Å². The third-order valence-corrected chi connectivity index (χ3v) is 4.09. The van der Waals surface area contributed by atoms with E-state index in [-0.39, 0.29) is 12.1 Å². The number of halogens is 1. The molecular formula is C15H19BrN4O2. The Bertz CT molecular complexity index is 707. The maximum atomic E-state index is 12.1. The first-order valence-electron chi connectivity index (χ1n) is 7.32. The largest absolute Gasteiger partial charge is 0.444 e. The maximum absolute atomic E-state index is 12.1. The van der Waals surface area contributed by atoms with E-state index in [2.05, 4.69) is 26.2 Å². The van der Waals surface area contributed by atoms with Gasteiger partial charge in [-0.1, -0.05) is 21.1 Å². The van der Waals surface area contributed by atoms with Crippen LogP contribution in [0.4, 0.5) is 4.79 Å². The van der Waals surface area contributed by atoms with Crippen LogP contribution in [0.25, 0.3) is 11.0 Å². The highest BCUT2D eigenvalue weighted by molar-refractivity contribution is 9.10. The van der Waals surface area contributed by atoms with Gasteiger partial charge in [0.1, 0.15) is 11.1 Å². The van der Waals surface area contributed by atoms with Crippen molar-refractivity contribution in [1.29, 1.82) is 0 Å². The molecule has 6 nitrogen and oxygen atoms in total. The van der Waals surface area contributed by atoms with Gasteiger partial charge >= 0.3 is 6.09 Å². The summed E-state index contributed by atoms with van der Waals surface area (Å²) >= 11 is 3.47. The van der Waals surface area contributed by atoms with Gasteiger partial charge in [-0.05, 0) is 45.4 Å². The first-order chi connectivity index (χ1) is 10.3. The molecule has 2 aromatic rings. The number of likely N-dealkylation sites (tertiary alicyclic amines) is 1. The molecule has 0 saturated carbocycles. The van der Waals surface area contributed by atoms with E-state index in [4.69, 9.17) is 4.74 Å². The Morgan fingerprint density at radius 3 is 2.91 bits per heavy atom. The molecule has 0 spiro atoms. The number of benzene rings is 1. The number of rotatable bonds is 1. The molecule has 2 heterocycles. The molecule has 0 aliphatic carbocycles. The van der Waals surface area contributed by atoms with Crippen molar-refractivity contribution in [3.05, 3.63) is 22.7 Å². The summed E-state index contributed by atoms with van der Waals surface area (Å²) in [7, 11) is 0. The van der Waals surface area contributed by atoms with E-state index < -0.39 is 5.60 Å². The Morgan fingerprint density at radius 2 is 2.18 bits per heavy atom. The van der Waals surface area contributed by atoms with Crippen LogP contribution in [0.3, 0.4) is 0 Å². The van der Waals surface area contributed by atoms with Crippen molar-refractivity contribution in [3.8, 4) is 0 Å². The zero-order chi connectivity index (χ0) is 15.9. The summed E-state index contributed by atoms with van der Waals surface area (Å²) in [6.07, 6.45) is 0.588. The highest BCUT2D eigenvalue weighted by atomic mass is 79.9. The van der Waals surface area contributed by atoms with Crippen molar-refractivity contribution in [2.75, 3.05) is 13.1 Å². The molecule has 1 aromatic carbocycles. The Morgan fingerprint density at radius 1 is 1.41 bits per heavy atom. The minimum Gasteiger partial charge on any atom is -0.444 e. The molecule has 0 N–H and O–H groups in total. The minimum atomic E-state index is -0.472. The number of nitrogens with zero attached hydrogens (tertiary/aromatic N) is 4. The van der Waals surface area contributed by atoms with Gasteiger partial charge in [0, 0.05) is 17.6 Å². The van der Waals surface area contributed by atoms with E-state index >= 15 is 0 Å². The van der Waals surface area contributed by atoms with Gasteiger partial charge in [-0.15, -0.1) is 5.10 Å². The number of hydrogen-bond donors (Lipinski definition) is 0. The molecule has 1 atom stereocenters. The minimum absolute atomic E-state index is 0.131. The molecule has 1 aliphatic rings. The van der Waals surface area contributed by atoms with Crippen LogP contribution in [0.5, 0.6) is 0 Å². The van der Waals surface area contributed by atoms with E-state index in [1.165, 1.54) is 0 Å². The third-order valence-electron chi connectivity index (χ3n) is 3.59. The molecule has 1 saturated heterocycles. The fourth-order valence-electron chi connectivity index (χ4n) is 2.61. The normalized spacial score (nSPS) is 18.9. The average molecular weight is 367 g/mol. The Hall–Kier alpha value is -1.63. The molecule has 7 heteroatoms. The highest BCUT2D eigenvalue weighted by Crippen LogP contribution is 2.27. The van der Waals surface area contributed by atoms with Crippen LogP contribution in [0.1, 0.15) is 33.2 Å². The molecule has 118 valence electrons. The molecule has 1 aromatic heterocycles. The van der Waals surface area contributed by atoms with E-state index in [9.17, 15) is 4.79 Å². The van der Waals surface area contributed by atoms with Crippen molar-refractivity contribution >= 4 is 33.1 Å². The number of fused-ring (bicyclic) bond motifs is 1. The van der Waals surface area contributed by atoms with Gasteiger partial charge in [0.25, 0.3) is 0 Å². The third kappa shape index (κ3) is 3.09. The maximum Gasteiger partial charge on any atom is 0.410 e. The lowest BCUT2D eigenvalue weighted by atomic mass is 10.2. The second kappa shape index (κ2) is 5.53. The number of aromatic nitrogens is 3. The second-order valence-corrected chi connectivity index (χ2v) is 7.45. The lowest BCUT2D eigenvalue weighted by molar-refractivity contribution is 0.0288. The SMILES string of the molecule is CC(C)(C)OC(=O)N1CCC(n2nnc3ccc(Br)cc32)C1. The second-order valence-electron chi connectivity index (χ2n) is 6.54. The highest BCUT2D eigenvalue weighted by Gasteiger charge is 2.31. The van der Waals surface area contributed by atoms with E-state index in [0.29, 0.717) is 13.1 Å². The number of ether oxygens (including phenoxy) is 1. The van der Waals surface area contributed by atoms with Crippen molar-refractivity contribution in [3.63, 3.8) is 0 Å². The molecule has 1 unspecified atom stereocenters. The van der Waals surface area contributed by atoms with E-state index in [1.54, 1.807) is 4.90 Å². The number of carbonyl (C=O) groups is 1. The Kier molecular flexibility index (Phi) is 3.84. The number of carbonyl (C=O) groups excluding carboxylic acids is 1. The summed E-state index contributed by atoms with van der Waals surface area (Å²) in [4.78, 5) is 13.9. The van der Waals surface area contributed by atoms with Crippen molar-refractivity contribution in [2.24, 2.45) is 0 Å². The van der Waals surface area contributed by atoms with Crippen molar-refractivity contribution < 1.29 is 9.53 Å². The summed E-state index contributed by atoms with van der Waals surface area (Å²) < 4.78 is 8.33.